The first kappa shape index (κ1) is 24.5. The molecule has 10 nitrogen and oxygen atoms in total. The van der Waals surface area contributed by atoms with Gasteiger partial charge >= 0.3 is 0 Å². The van der Waals surface area contributed by atoms with Gasteiger partial charge in [-0.15, -0.1) is 0 Å². The summed E-state index contributed by atoms with van der Waals surface area (Å²) in [7, 11) is -3.73. The minimum absolute atomic E-state index is 0.000574. The number of nitrogens with one attached hydrogen (secondary N) is 2. The van der Waals surface area contributed by atoms with Gasteiger partial charge in [0.15, 0.2) is 11.4 Å². The van der Waals surface area contributed by atoms with E-state index in [1.807, 2.05) is 0 Å². The zero-order valence-corrected chi connectivity index (χ0v) is 21.0. The molecule has 0 aliphatic heterocycles. The highest BCUT2D eigenvalue weighted by molar-refractivity contribution is 7.92. The number of hydrogen-bond donors (Lipinski definition) is 3. The normalized spacial score (nSPS) is 12.2. The molecule has 4 aromatic heterocycles. The molecular formula is C25H23FN6O4S. The number of fused-ring (bicyclic) bond motifs is 1. The number of nitrogens with zero attached hydrogens (tertiary/aromatic N) is 4. The summed E-state index contributed by atoms with van der Waals surface area (Å²) in [6, 6.07) is 11.5. The van der Waals surface area contributed by atoms with Crippen molar-refractivity contribution in [2.45, 2.75) is 26.4 Å². The second-order valence-electron chi connectivity index (χ2n) is 8.44. The smallest absolute Gasteiger partial charge is 0.234 e. The van der Waals surface area contributed by atoms with E-state index in [2.05, 4.69) is 29.8 Å². The molecule has 0 unspecified atom stereocenters. The van der Waals surface area contributed by atoms with Crippen molar-refractivity contribution in [2.24, 2.45) is 0 Å². The zero-order valence-electron chi connectivity index (χ0n) is 20.2. The van der Waals surface area contributed by atoms with Crippen molar-refractivity contribution < 1.29 is 22.4 Å². The van der Waals surface area contributed by atoms with Crippen LogP contribution >= 0.6 is 0 Å². The number of imidazole rings is 1. The van der Waals surface area contributed by atoms with Gasteiger partial charge in [-0.2, -0.15) is 0 Å². The van der Waals surface area contributed by atoms with E-state index in [4.69, 9.17) is 4.52 Å². The maximum Gasteiger partial charge on any atom is 0.234 e. The molecule has 12 heteroatoms. The number of H-pyrrole nitrogens is 1. The average molecular weight is 523 g/mol. The van der Waals surface area contributed by atoms with Gasteiger partial charge in [-0.05, 0) is 51.1 Å². The summed E-state index contributed by atoms with van der Waals surface area (Å²) in [6.45, 7) is 4.79. The second kappa shape index (κ2) is 9.05. The number of anilines is 1. The molecule has 0 aliphatic rings. The van der Waals surface area contributed by atoms with Crippen LogP contribution in [0.15, 0.2) is 59.4 Å². The van der Waals surface area contributed by atoms with Gasteiger partial charge in [0, 0.05) is 23.5 Å². The third kappa shape index (κ3) is 4.13. The number of aryl methyl sites for hydroxylation is 2. The van der Waals surface area contributed by atoms with Crippen LogP contribution < -0.4 is 4.72 Å². The van der Waals surface area contributed by atoms with Crippen molar-refractivity contribution >= 4 is 27.0 Å². The number of hydrogen-bond acceptors (Lipinski definition) is 8. The fourth-order valence-electron chi connectivity index (χ4n) is 4.29. The van der Waals surface area contributed by atoms with Crippen LogP contribution in [0, 0.1) is 19.7 Å². The fourth-order valence-corrected chi connectivity index (χ4v) is 4.83. The van der Waals surface area contributed by atoms with Gasteiger partial charge in [0.25, 0.3) is 0 Å². The van der Waals surface area contributed by atoms with Gasteiger partial charge in [-0.1, -0.05) is 17.3 Å². The number of aromatic amines is 1. The van der Waals surface area contributed by atoms with Crippen LogP contribution in [0.5, 0.6) is 0 Å². The molecular weight excluding hydrogens is 499 g/mol. The standard InChI is InChI=1S/C25H23FN6O4S/c1-4-37(34,35)32-24-29-22-17(13-16(21(26)23(22)30-24)20-14(2)31-36-15(20)3)25(33,18-9-5-7-11-27-18)19-10-6-8-12-28-19/h5-13,33H,4H2,1-3H3,(H2,29,30,32). The summed E-state index contributed by atoms with van der Waals surface area (Å²) >= 11 is 0. The second-order valence-corrected chi connectivity index (χ2v) is 10.5. The van der Waals surface area contributed by atoms with E-state index in [1.165, 1.54) is 25.4 Å². The molecule has 0 spiro atoms. The Bertz CT molecular complexity index is 1640. The van der Waals surface area contributed by atoms with E-state index >= 15 is 4.39 Å². The van der Waals surface area contributed by atoms with Crippen LogP contribution in [-0.4, -0.2) is 44.4 Å². The van der Waals surface area contributed by atoms with Crippen LogP contribution in [0.4, 0.5) is 10.3 Å². The predicted octanol–water partition coefficient (Wildman–Crippen LogP) is 3.81. The Balaban J connectivity index is 1.90. The molecule has 0 saturated carbocycles. The van der Waals surface area contributed by atoms with Gasteiger partial charge in [0.05, 0.1) is 28.4 Å². The molecule has 0 aliphatic carbocycles. The van der Waals surface area contributed by atoms with E-state index in [9.17, 15) is 13.5 Å². The Kier molecular flexibility index (Phi) is 6.00. The van der Waals surface area contributed by atoms with Crippen LogP contribution in [0.2, 0.25) is 0 Å². The van der Waals surface area contributed by atoms with E-state index in [1.54, 1.807) is 50.2 Å². The van der Waals surface area contributed by atoms with E-state index in [0.717, 1.165) is 0 Å². The van der Waals surface area contributed by atoms with Crippen molar-refractivity contribution in [3.8, 4) is 11.1 Å². The summed E-state index contributed by atoms with van der Waals surface area (Å²) in [4.78, 5) is 15.8. The molecule has 0 saturated heterocycles. The van der Waals surface area contributed by atoms with Crippen LogP contribution in [0.3, 0.4) is 0 Å². The number of rotatable bonds is 7. The monoisotopic (exact) mass is 522 g/mol. The first-order chi connectivity index (χ1) is 17.7. The molecule has 0 atom stereocenters. The molecule has 4 heterocycles. The number of halogens is 1. The number of aromatic nitrogens is 5. The molecule has 0 amide bonds. The summed E-state index contributed by atoms with van der Waals surface area (Å²) in [5, 5.41) is 16.3. The molecule has 5 aromatic rings. The van der Waals surface area contributed by atoms with Crippen LogP contribution in [0.1, 0.15) is 35.3 Å². The van der Waals surface area contributed by atoms with Gasteiger partial charge in [0.1, 0.15) is 16.8 Å². The lowest BCUT2D eigenvalue weighted by Crippen LogP contribution is -2.31. The van der Waals surface area contributed by atoms with Crippen LogP contribution in [0.25, 0.3) is 22.2 Å². The summed E-state index contributed by atoms with van der Waals surface area (Å²) < 4.78 is 48.1. The molecule has 0 radical (unpaired) electrons. The summed E-state index contributed by atoms with van der Waals surface area (Å²) in [5.41, 5.74) is -0.629. The Morgan fingerprint density at radius 1 is 1.11 bits per heavy atom. The molecule has 37 heavy (non-hydrogen) atoms. The lowest BCUT2D eigenvalue weighted by molar-refractivity contribution is 0.117. The van der Waals surface area contributed by atoms with Crippen LogP contribution in [-0.2, 0) is 15.6 Å². The van der Waals surface area contributed by atoms with Gasteiger partial charge < -0.3 is 14.6 Å². The highest BCUT2D eigenvalue weighted by Gasteiger charge is 2.40. The molecule has 0 bridgehead atoms. The van der Waals surface area contributed by atoms with Crippen molar-refractivity contribution in [1.29, 1.82) is 0 Å². The van der Waals surface area contributed by atoms with Crippen molar-refractivity contribution in [3.05, 3.63) is 89.1 Å². The van der Waals surface area contributed by atoms with Gasteiger partial charge in [0.2, 0.25) is 16.0 Å². The number of benzene rings is 1. The number of sulfonamides is 1. The largest absolute Gasteiger partial charge is 0.373 e. The van der Waals surface area contributed by atoms with E-state index in [0.29, 0.717) is 17.0 Å². The maximum atomic E-state index is 16.1. The van der Waals surface area contributed by atoms with Gasteiger partial charge in [-0.3, -0.25) is 14.7 Å². The predicted molar refractivity (Wildman–Crippen MR) is 135 cm³/mol. The highest BCUT2D eigenvalue weighted by atomic mass is 32.2. The number of pyridine rings is 2. The van der Waals surface area contributed by atoms with E-state index in [-0.39, 0.29) is 45.2 Å². The van der Waals surface area contributed by atoms with Gasteiger partial charge in [-0.25, -0.2) is 17.8 Å². The molecule has 5 rings (SSSR count). The Hall–Kier alpha value is -4.16. The average Bonchev–Trinajstić information content (AvgIpc) is 3.47. The Labute approximate surface area is 211 Å². The van der Waals surface area contributed by atoms with Crippen molar-refractivity contribution in [2.75, 3.05) is 10.5 Å². The lowest BCUT2D eigenvalue weighted by Gasteiger charge is -2.28. The number of aliphatic hydroxyl groups is 1. The molecule has 1 aromatic carbocycles. The minimum atomic E-state index is -3.73. The third-order valence-corrected chi connectivity index (χ3v) is 7.36. The minimum Gasteiger partial charge on any atom is -0.373 e. The SMILES string of the molecule is CCS(=O)(=O)Nc1nc2c(C(O)(c3ccccn3)c3ccccn3)cc(-c3c(C)noc3C)c(F)c2[nH]1. The zero-order chi connectivity index (χ0) is 26.4. The molecule has 0 fully saturated rings. The first-order valence-corrected chi connectivity index (χ1v) is 13.0. The summed E-state index contributed by atoms with van der Waals surface area (Å²) in [6.07, 6.45) is 3.04. The Morgan fingerprint density at radius 3 is 2.27 bits per heavy atom. The van der Waals surface area contributed by atoms with Crippen molar-refractivity contribution in [1.82, 2.24) is 25.1 Å². The fraction of sp³-hybridized carbons (Fsp3) is 0.200. The lowest BCUT2D eigenvalue weighted by atomic mass is 9.83. The topological polar surface area (TPSA) is 147 Å². The Morgan fingerprint density at radius 2 is 1.76 bits per heavy atom. The molecule has 190 valence electrons. The van der Waals surface area contributed by atoms with Crippen molar-refractivity contribution in [3.63, 3.8) is 0 Å². The maximum absolute atomic E-state index is 16.1. The van der Waals surface area contributed by atoms with E-state index < -0.39 is 21.4 Å². The highest BCUT2D eigenvalue weighted by Crippen LogP contribution is 2.43. The quantitative estimate of drug-likeness (QED) is 0.292. The first-order valence-electron chi connectivity index (χ1n) is 11.4. The third-order valence-electron chi connectivity index (χ3n) is 6.10. The molecule has 3 N–H and O–H groups in total. The summed E-state index contributed by atoms with van der Waals surface area (Å²) in [5.74, 6) is -0.758.